The van der Waals surface area contributed by atoms with E-state index in [9.17, 15) is 23.3 Å². The monoisotopic (exact) mass is 301 g/mol. The molecule has 0 heterocycles. The standard InChI is InChI=1S/C11H15N3O5S/c1-3-12-11(15)8-13(20(2,18)19)9-5-4-6-10(7-9)14(16)17/h4-7H,3,8H2,1-2H3,(H,12,15). The molecule has 8 nitrogen and oxygen atoms in total. The van der Waals surface area contributed by atoms with Crippen LogP contribution < -0.4 is 9.62 Å². The van der Waals surface area contributed by atoms with Crippen molar-refractivity contribution >= 4 is 27.3 Å². The average molecular weight is 301 g/mol. The number of nitrogens with one attached hydrogen (secondary N) is 1. The van der Waals surface area contributed by atoms with E-state index in [0.29, 0.717) is 6.54 Å². The number of amides is 1. The molecule has 1 N–H and O–H groups in total. The molecule has 0 aliphatic carbocycles. The fraction of sp³-hybridized carbons (Fsp3) is 0.364. The summed E-state index contributed by atoms with van der Waals surface area (Å²) in [5, 5.41) is 13.2. The summed E-state index contributed by atoms with van der Waals surface area (Å²) in [4.78, 5) is 21.6. The summed E-state index contributed by atoms with van der Waals surface area (Å²) in [7, 11) is -3.72. The van der Waals surface area contributed by atoms with Crippen molar-refractivity contribution in [3.05, 3.63) is 34.4 Å². The number of non-ortho nitro benzene ring substituents is 1. The summed E-state index contributed by atoms with van der Waals surface area (Å²) < 4.78 is 24.3. The molecule has 1 rings (SSSR count). The summed E-state index contributed by atoms with van der Waals surface area (Å²) in [6, 6.07) is 5.12. The number of sulfonamides is 1. The Balaban J connectivity index is 3.15. The van der Waals surface area contributed by atoms with Crippen molar-refractivity contribution < 1.29 is 18.1 Å². The Morgan fingerprint density at radius 3 is 2.60 bits per heavy atom. The Morgan fingerprint density at radius 2 is 2.10 bits per heavy atom. The lowest BCUT2D eigenvalue weighted by molar-refractivity contribution is -0.384. The van der Waals surface area contributed by atoms with E-state index >= 15 is 0 Å². The topological polar surface area (TPSA) is 110 Å². The van der Waals surface area contributed by atoms with Gasteiger partial charge < -0.3 is 5.32 Å². The molecule has 0 spiro atoms. The predicted molar refractivity (Wildman–Crippen MR) is 74.0 cm³/mol. The highest BCUT2D eigenvalue weighted by Gasteiger charge is 2.22. The zero-order valence-electron chi connectivity index (χ0n) is 11.1. The highest BCUT2D eigenvalue weighted by Crippen LogP contribution is 2.22. The molecule has 0 atom stereocenters. The van der Waals surface area contributed by atoms with Crippen LogP contribution in [0.25, 0.3) is 0 Å². The average Bonchev–Trinajstić information content (AvgIpc) is 2.35. The van der Waals surface area contributed by atoms with Gasteiger partial charge in [-0.15, -0.1) is 0 Å². The van der Waals surface area contributed by atoms with Crippen LogP contribution in [0.4, 0.5) is 11.4 Å². The zero-order valence-corrected chi connectivity index (χ0v) is 11.9. The van der Waals surface area contributed by atoms with Crippen LogP contribution in [-0.4, -0.2) is 38.6 Å². The maximum absolute atomic E-state index is 11.7. The number of anilines is 1. The van der Waals surface area contributed by atoms with Crippen molar-refractivity contribution in [2.45, 2.75) is 6.92 Å². The molecule has 0 aromatic heterocycles. The van der Waals surface area contributed by atoms with Gasteiger partial charge in [-0.3, -0.25) is 19.2 Å². The largest absolute Gasteiger partial charge is 0.355 e. The minimum atomic E-state index is -3.72. The van der Waals surface area contributed by atoms with Crippen LogP contribution in [0.5, 0.6) is 0 Å². The molecule has 0 saturated heterocycles. The van der Waals surface area contributed by atoms with E-state index in [0.717, 1.165) is 16.6 Å². The first kappa shape index (κ1) is 15.9. The first-order valence-corrected chi connectivity index (χ1v) is 7.59. The summed E-state index contributed by atoms with van der Waals surface area (Å²) >= 11 is 0. The quantitative estimate of drug-likeness (QED) is 0.607. The molecule has 0 unspecified atom stereocenters. The summed E-state index contributed by atoms with van der Waals surface area (Å²) in [6.45, 7) is 1.65. The van der Waals surface area contributed by atoms with E-state index < -0.39 is 27.4 Å². The Labute approximate surface area is 116 Å². The van der Waals surface area contributed by atoms with Crippen molar-refractivity contribution in [3.8, 4) is 0 Å². The number of nitrogens with zero attached hydrogens (tertiary/aromatic N) is 2. The van der Waals surface area contributed by atoms with Crippen molar-refractivity contribution in [1.29, 1.82) is 0 Å². The van der Waals surface area contributed by atoms with E-state index in [1.807, 2.05) is 0 Å². The molecular weight excluding hydrogens is 286 g/mol. The number of hydrogen-bond donors (Lipinski definition) is 1. The molecule has 0 bridgehead atoms. The third-order valence-corrected chi connectivity index (χ3v) is 3.53. The summed E-state index contributed by atoms with van der Waals surface area (Å²) in [5.41, 5.74) is -0.167. The van der Waals surface area contributed by atoms with Crippen LogP contribution in [-0.2, 0) is 14.8 Å². The zero-order chi connectivity index (χ0) is 15.3. The van der Waals surface area contributed by atoms with Crippen LogP contribution in [0.3, 0.4) is 0 Å². The third kappa shape index (κ3) is 4.19. The Hall–Kier alpha value is -2.16. The van der Waals surface area contributed by atoms with Gasteiger partial charge >= 0.3 is 0 Å². The molecule has 9 heteroatoms. The van der Waals surface area contributed by atoms with Crippen molar-refractivity contribution in [3.63, 3.8) is 0 Å². The first-order chi connectivity index (χ1) is 9.25. The van der Waals surface area contributed by atoms with Gasteiger partial charge in [0.2, 0.25) is 15.9 Å². The van der Waals surface area contributed by atoms with Crippen LogP contribution in [0.1, 0.15) is 6.92 Å². The molecule has 0 radical (unpaired) electrons. The Kier molecular flexibility index (Phi) is 5.03. The number of nitro groups is 1. The fourth-order valence-corrected chi connectivity index (χ4v) is 2.39. The highest BCUT2D eigenvalue weighted by atomic mass is 32.2. The van der Waals surface area contributed by atoms with Crippen molar-refractivity contribution in [1.82, 2.24) is 5.32 Å². The maximum Gasteiger partial charge on any atom is 0.271 e. The second-order valence-electron chi connectivity index (χ2n) is 4.00. The maximum atomic E-state index is 11.7. The second kappa shape index (κ2) is 6.33. The van der Waals surface area contributed by atoms with Gasteiger partial charge in [0.1, 0.15) is 6.54 Å². The van der Waals surface area contributed by atoms with E-state index in [1.54, 1.807) is 6.92 Å². The summed E-state index contributed by atoms with van der Waals surface area (Å²) in [5.74, 6) is -0.482. The predicted octanol–water partition coefficient (Wildman–Crippen LogP) is 0.497. The molecule has 20 heavy (non-hydrogen) atoms. The van der Waals surface area contributed by atoms with Crippen LogP contribution in [0, 0.1) is 10.1 Å². The minimum absolute atomic E-state index is 0.0768. The molecule has 0 fully saturated rings. The highest BCUT2D eigenvalue weighted by molar-refractivity contribution is 7.92. The lowest BCUT2D eigenvalue weighted by Gasteiger charge is -2.21. The number of carbonyl (C=O) groups excluding carboxylic acids is 1. The summed E-state index contributed by atoms with van der Waals surface area (Å²) in [6.07, 6.45) is 0.936. The van der Waals surface area contributed by atoms with Gasteiger partial charge in [-0.1, -0.05) is 6.07 Å². The minimum Gasteiger partial charge on any atom is -0.355 e. The van der Waals surface area contributed by atoms with Gasteiger partial charge in [-0.25, -0.2) is 8.42 Å². The fourth-order valence-electron chi connectivity index (χ4n) is 1.55. The SMILES string of the molecule is CCNC(=O)CN(c1cccc([N+](=O)[O-])c1)S(C)(=O)=O. The lowest BCUT2D eigenvalue weighted by Crippen LogP contribution is -2.40. The van der Waals surface area contributed by atoms with Crippen LogP contribution in [0.15, 0.2) is 24.3 Å². The molecular formula is C11H15N3O5S. The van der Waals surface area contributed by atoms with Gasteiger partial charge in [0.15, 0.2) is 0 Å². The van der Waals surface area contributed by atoms with Crippen LogP contribution in [0.2, 0.25) is 0 Å². The number of hydrogen-bond acceptors (Lipinski definition) is 5. The number of likely N-dealkylation sites (N-methyl/N-ethyl adjacent to an activating group) is 1. The van der Waals surface area contributed by atoms with E-state index in [2.05, 4.69) is 5.32 Å². The molecule has 0 aliphatic heterocycles. The van der Waals surface area contributed by atoms with Crippen molar-refractivity contribution in [2.24, 2.45) is 0 Å². The number of carbonyl (C=O) groups is 1. The number of rotatable bonds is 6. The molecule has 1 aromatic carbocycles. The Morgan fingerprint density at radius 1 is 1.45 bits per heavy atom. The van der Waals surface area contributed by atoms with Gasteiger partial charge in [-0.05, 0) is 13.0 Å². The van der Waals surface area contributed by atoms with Gasteiger partial charge in [0.25, 0.3) is 5.69 Å². The van der Waals surface area contributed by atoms with E-state index in [4.69, 9.17) is 0 Å². The normalized spacial score (nSPS) is 10.9. The van der Waals surface area contributed by atoms with E-state index in [-0.39, 0.29) is 11.4 Å². The van der Waals surface area contributed by atoms with Gasteiger partial charge in [0.05, 0.1) is 16.9 Å². The van der Waals surface area contributed by atoms with E-state index in [1.165, 1.54) is 18.2 Å². The Bertz CT molecular complexity index is 614. The molecule has 0 saturated carbocycles. The molecule has 1 amide bonds. The molecule has 1 aromatic rings. The molecule has 0 aliphatic rings. The second-order valence-corrected chi connectivity index (χ2v) is 5.91. The molecule has 110 valence electrons. The third-order valence-electron chi connectivity index (χ3n) is 2.39. The van der Waals surface area contributed by atoms with Crippen molar-refractivity contribution in [2.75, 3.05) is 23.7 Å². The van der Waals surface area contributed by atoms with Crippen LogP contribution >= 0.6 is 0 Å². The first-order valence-electron chi connectivity index (χ1n) is 5.74. The smallest absolute Gasteiger partial charge is 0.271 e. The number of benzene rings is 1. The van der Waals surface area contributed by atoms with Gasteiger partial charge in [-0.2, -0.15) is 0 Å². The number of nitro benzene ring substituents is 1. The van der Waals surface area contributed by atoms with Gasteiger partial charge in [0, 0.05) is 18.7 Å². The lowest BCUT2D eigenvalue weighted by atomic mass is 10.3.